The summed E-state index contributed by atoms with van der Waals surface area (Å²) in [6.45, 7) is 2.43. The second-order valence-electron chi connectivity index (χ2n) is 10.1. The van der Waals surface area contributed by atoms with E-state index in [1.165, 1.54) is 0 Å². The highest BCUT2D eigenvalue weighted by Crippen LogP contribution is 2.30. The largest absolute Gasteiger partial charge is 0.481 e. The number of nitrogens with one attached hydrogen (secondary N) is 5. The van der Waals surface area contributed by atoms with Crippen LogP contribution in [0.1, 0.15) is 32.1 Å². The number of ether oxygens (including phenoxy) is 1. The molecule has 4 aliphatic rings. The van der Waals surface area contributed by atoms with E-state index in [4.69, 9.17) is 10.5 Å². The van der Waals surface area contributed by atoms with Crippen molar-refractivity contribution in [2.75, 3.05) is 39.8 Å². The monoisotopic (exact) mass is 485 g/mol. The third-order valence-corrected chi connectivity index (χ3v) is 7.96. The number of carbonyl (C=O) groups is 2. The number of aliphatic carboxylic acids is 1. The van der Waals surface area contributed by atoms with E-state index in [-0.39, 0.29) is 48.5 Å². The Morgan fingerprint density at radius 2 is 1.79 bits per heavy atom. The number of nitrogens with two attached hydrogens (primary N) is 1. The second kappa shape index (κ2) is 11.5. The lowest BCUT2D eigenvalue weighted by Crippen LogP contribution is -2.73. The third kappa shape index (κ3) is 5.86. The molecule has 1 aliphatic carbocycles. The minimum atomic E-state index is -0.887. The topological polar surface area (TPSA) is 153 Å². The van der Waals surface area contributed by atoms with Gasteiger partial charge in [-0.2, -0.15) is 0 Å². The van der Waals surface area contributed by atoms with Gasteiger partial charge in [-0.25, -0.2) is 4.39 Å². The SMILES string of the molecule is COC1C(NC2NC(N3CCC(C(=O)O)CC3)NCC2C(N)=O)CCCC1C1NCC(F)CN1. The highest BCUT2D eigenvalue weighted by molar-refractivity contribution is 5.77. The van der Waals surface area contributed by atoms with Crippen LogP contribution >= 0.6 is 0 Å². The highest BCUT2D eigenvalue weighted by Gasteiger charge is 2.43. The molecule has 6 atom stereocenters. The number of hydrogen-bond donors (Lipinski definition) is 7. The molecule has 3 aliphatic heterocycles. The zero-order valence-electron chi connectivity index (χ0n) is 19.8. The Balaban J connectivity index is 1.40. The minimum absolute atomic E-state index is 0.00583. The molecular weight excluding hydrogens is 445 g/mol. The van der Waals surface area contributed by atoms with Crippen LogP contribution in [0.2, 0.25) is 0 Å². The van der Waals surface area contributed by atoms with E-state index in [0.29, 0.717) is 45.6 Å². The standard InChI is InChI=1S/C22H40FN7O4/c1-34-17-14(19-25-9-13(23)10-26-19)3-2-4-16(17)28-20-15(18(24)31)11-27-22(29-20)30-7-5-12(6-8-30)21(32)33/h12-17,19-20,22,25-29H,2-11H2,1H3,(H2,24,31)(H,32,33). The van der Waals surface area contributed by atoms with Crippen molar-refractivity contribution >= 4 is 11.9 Å². The molecule has 6 unspecified atom stereocenters. The van der Waals surface area contributed by atoms with Gasteiger partial charge in [-0.3, -0.25) is 41.1 Å². The van der Waals surface area contributed by atoms with E-state index >= 15 is 0 Å². The van der Waals surface area contributed by atoms with Crippen molar-refractivity contribution in [3.8, 4) is 0 Å². The third-order valence-electron chi connectivity index (χ3n) is 7.96. The molecule has 0 radical (unpaired) electrons. The molecule has 0 spiro atoms. The van der Waals surface area contributed by atoms with Crippen molar-refractivity contribution < 1.29 is 23.8 Å². The van der Waals surface area contributed by atoms with Gasteiger partial charge in [-0.1, -0.05) is 6.42 Å². The molecule has 8 N–H and O–H groups in total. The second-order valence-corrected chi connectivity index (χ2v) is 10.1. The molecule has 3 heterocycles. The zero-order valence-corrected chi connectivity index (χ0v) is 19.8. The van der Waals surface area contributed by atoms with Crippen molar-refractivity contribution in [1.29, 1.82) is 0 Å². The molecule has 0 aromatic rings. The number of nitrogens with zero attached hydrogens (tertiary/aromatic N) is 1. The molecule has 0 bridgehead atoms. The average Bonchev–Trinajstić information content (AvgIpc) is 2.84. The van der Waals surface area contributed by atoms with E-state index in [1.807, 2.05) is 0 Å². The number of halogens is 1. The van der Waals surface area contributed by atoms with Crippen LogP contribution in [0, 0.1) is 17.8 Å². The normalized spacial score (nSPS) is 40.6. The van der Waals surface area contributed by atoms with E-state index < -0.39 is 18.1 Å². The summed E-state index contributed by atoms with van der Waals surface area (Å²) in [5.41, 5.74) is 5.74. The number of carbonyl (C=O) groups excluding carboxylic acids is 1. The molecule has 1 saturated carbocycles. The molecule has 194 valence electrons. The lowest BCUT2D eigenvalue weighted by atomic mass is 9.80. The van der Waals surface area contributed by atoms with Crippen molar-refractivity contribution in [3.05, 3.63) is 0 Å². The number of carboxylic acid groups (broad SMARTS) is 1. The molecule has 11 nitrogen and oxygen atoms in total. The highest BCUT2D eigenvalue weighted by atomic mass is 19.1. The van der Waals surface area contributed by atoms with Crippen molar-refractivity contribution in [2.45, 2.75) is 69.0 Å². The Morgan fingerprint density at radius 1 is 1.09 bits per heavy atom. The maximum absolute atomic E-state index is 13.6. The number of amides is 1. The molecule has 4 fully saturated rings. The van der Waals surface area contributed by atoms with Crippen LogP contribution in [-0.2, 0) is 14.3 Å². The van der Waals surface area contributed by atoms with Crippen molar-refractivity contribution in [3.63, 3.8) is 0 Å². The van der Waals surface area contributed by atoms with Gasteiger partial charge in [-0.15, -0.1) is 0 Å². The summed E-state index contributed by atoms with van der Waals surface area (Å²) in [6, 6.07) is 0.00583. The summed E-state index contributed by atoms with van der Waals surface area (Å²) in [6.07, 6.45) is 2.55. The number of likely N-dealkylation sites (tertiary alicyclic amines) is 1. The summed E-state index contributed by atoms with van der Waals surface area (Å²) < 4.78 is 19.5. The first-order valence-corrected chi connectivity index (χ1v) is 12.5. The van der Waals surface area contributed by atoms with Gasteiger partial charge in [0.2, 0.25) is 5.91 Å². The molecule has 4 rings (SSSR count). The molecule has 34 heavy (non-hydrogen) atoms. The number of piperidine rings is 1. The van der Waals surface area contributed by atoms with Crippen LogP contribution < -0.4 is 32.3 Å². The first-order chi connectivity index (χ1) is 16.4. The fourth-order valence-corrected chi connectivity index (χ4v) is 6.03. The maximum Gasteiger partial charge on any atom is 0.306 e. The van der Waals surface area contributed by atoms with Crippen LogP contribution in [-0.4, -0.2) is 98.7 Å². The quantitative estimate of drug-likeness (QED) is 0.222. The van der Waals surface area contributed by atoms with E-state index in [0.717, 1.165) is 19.3 Å². The smallest absolute Gasteiger partial charge is 0.306 e. The number of alkyl halides is 1. The summed E-state index contributed by atoms with van der Waals surface area (Å²) in [7, 11) is 1.70. The van der Waals surface area contributed by atoms with Crippen LogP contribution in [0.5, 0.6) is 0 Å². The van der Waals surface area contributed by atoms with E-state index in [9.17, 15) is 19.1 Å². The Labute approximate surface area is 200 Å². The van der Waals surface area contributed by atoms with Crippen LogP contribution in [0.3, 0.4) is 0 Å². The molecule has 3 saturated heterocycles. The molecule has 0 aromatic carbocycles. The number of carboxylic acids is 1. The first kappa shape index (κ1) is 25.7. The summed E-state index contributed by atoms with van der Waals surface area (Å²) in [4.78, 5) is 25.7. The van der Waals surface area contributed by atoms with E-state index in [2.05, 4.69) is 31.5 Å². The number of methoxy groups -OCH3 is 1. The maximum atomic E-state index is 13.6. The zero-order chi connectivity index (χ0) is 24.2. The van der Waals surface area contributed by atoms with Crippen molar-refractivity contribution in [2.24, 2.45) is 23.5 Å². The van der Waals surface area contributed by atoms with Gasteiger partial charge in [0.05, 0.1) is 30.3 Å². The number of hydrogen-bond acceptors (Lipinski definition) is 9. The predicted molar refractivity (Wildman–Crippen MR) is 123 cm³/mol. The Hall–Kier alpha value is -1.41. The Bertz CT molecular complexity index is 703. The molecule has 1 amide bonds. The molecular formula is C22H40FN7O4. The lowest BCUT2D eigenvalue weighted by Gasteiger charge is -2.48. The van der Waals surface area contributed by atoms with Gasteiger partial charge in [0.1, 0.15) is 12.5 Å². The van der Waals surface area contributed by atoms with Crippen LogP contribution in [0.25, 0.3) is 0 Å². The number of primary amides is 1. The predicted octanol–water partition coefficient (Wildman–Crippen LogP) is -1.68. The fraction of sp³-hybridized carbons (Fsp3) is 0.909. The van der Waals surface area contributed by atoms with Gasteiger partial charge in [0.15, 0.2) is 0 Å². The summed E-state index contributed by atoms with van der Waals surface area (Å²) in [5.74, 6) is -1.69. The Kier molecular flexibility index (Phi) is 8.72. The van der Waals surface area contributed by atoms with Gasteiger partial charge in [0, 0.05) is 51.8 Å². The van der Waals surface area contributed by atoms with Gasteiger partial charge < -0.3 is 15.6 Å². The fourth-order valence-electron chi connectivity index (χ4n) is 6.03. The number of rotatable bonds is 7. The first-order valence-electron chi connectivity index (χ1n) is 12.5. The van der Waals surface area contributed by atoms with Gasteiger partial charge in [-0.05, 0) is 25.7 Å². The average molecular weight is 486 g/mol. The van der Waals surface area contributed by atoms with Gasteiger partial charge in [0.25, 0.3) is 0 Å². The van der Waals surface area contributed by atoms with Crippen molar-refractivity contribution in [1.82, 2.24) is 31.5 Å². The van der Waals surface area contributed by atoms with Crippen LogP contribution in [0.15, 0.2) is 0 Å². The van der Waals surface area contributed by atoms with Crippen LogP contribution in [0.4, 0.5) is 4.39 Å². The van der Waals surface area contributed by atoms with E-state index in [1.54, 1.807) is 7.11 Å². The van der Waals surface area contributed by atoms with Gasteiger partial charge >= 0.3 is 5.97 Å². The molecule has 0 aromatic heterocycles. The minimum Gasteiger partial charge on any atom is -0.481 e. The summed E-state index contributed by atoms with van der Waals surface area (Å²) >= 11 is 0. The lowest BCUT2D eigenvalue weighted by molar-refractivity contribution is -0.144. The Morgan fingerprint density at radius 3 is 2.41 bits per heavy atom. The molecule has 12 heteroatoms. The summed E-state index contributed by atoms with van der Waals surface area (Å²) in [5, 5.41) is 26.3.